The summed E-state index contributed by atoms with van der Waals surface area (Å²) in [6, 6.07) is 0.443. The fraction of sp³-hybridized carbons (Fsp3) is 0.900. The maximum Gasteiger partial charge on any atom is 0.242 e. The third kappa shape index (κ3) is 1.91. The second-order valence-corrected chi connectivity index (χ2v) is 4.38. The highest BCUT2D eigenvalue weighted by molar-refractivity contribution is 5.89. The molecule has 4 heteroatoms. The summed E-state index contributed by atoms with van der Waals surface area (Å²) in [5, 5.41) is 0. The van der Waals surface area contributed by atoms with E-state index in [1.54, 1.807) is 7.11 Å². The van der Waals surface area contributed by atoms with Crippen molar-refractivity contribution in [3.63, 3.8) is 0 Å². The Morgan fingerprint density at radius 1 is 1.57 bits per heavy atom. The molecular weight excluding hydrogens is 180 g/mol. The predicted molar refractivity (Wildman–Crippen MR) is 52.8 cm³/mol. The molecule has 0 radical (unpaired) electrons. The molecule has 0 aromatic rings. The third-order valence-electron chi connectivity index (χ3n) is 3.00. The Hall–Kier alpha value is -0.610. The summed E-state index contributed by atoms with van der Waals surface area (Å²) in [6.45, 7) is 1.30. The molecule has 0 aromatic carbocycles. The van der Waals surface area contributed by atoms with Crippen LogP contribution in [0.2, 0.25) is 0 Å². The van der Waals surface area contributed by atoms with Gasteiger partial charge in [-0.1, -0.05) is 0 Å². The second-order valence-electron chi connectivity index (χ2n) is 4.38. The van der Waals surface area contributed by atoms with Gasteiger partial charge in [0.05, 0.1) is 12.1 Å². The molecule has 14 heavy (non-hydrogen) atoms. The summed E-state index contributed by atoms with van der Waals surface area (Å²) in [5.74, 6) is 0.136. The SMILES string of the molecule is COCCN(C(=O)C1(N)CC1)C1CC1. The first-order valence-corrected chi connectivity index (χ1v) is 5.26. The Kier molecular flexibility index (Phi) is 2.49. The van der Waals surface area contributed by atoms with Gasteiger partial charge in [-0.15, -0.1) is 0 Å². The van der Waals surface area contributed by atoms with Crippen LogP contribution in [0.5, 0.6) is 0 Å². The van der Waals surface area contributed by atoms with E-state index in [9.17, 15) is 4.79 Å². The van der Waals surface area contributed by atoms with E-state index in [0.717, 1.165) is 25.7 Å². The minimum atomic E-state index is -0.518. The van der Waals surface area contributed by atoms with E-state index in [1.165, 1.54) is 0 Å². The van der Waals surface area contributed by atoms with Crippen LogP contribution in [0.4, 0.5) is 0 Å². The molecule has 1 amide bonds. The standard InChI is InChI=1S/C10H18N2O2/c1-14-7-6-12(8-2-3-8)9(13)10(11)4-5-10/h8H,2-7,11H2,1H3. The van der Waals surface area contributed by atoms with Crippen LogP contribution in [-0.4, -0.2) is 42.6 Å². The van der Waals surface area contributed by atoms with Gasteiger partial charge in [-0.25, -0.2) is 0 Å². The maximum absolute atomic E-state index is 12.0. The number of methoxy groups -OCH3 is 1. The zero-order chi connectivity index (χ0) is 10.2. The minimum absolute atomic E-state index is 0.136. The van der Waals surface area contributed by atoms with Crippen molar-refractivity contribution in [3.05, 3.63) is 0 Å². The zero-order valence-electron chi connectivity index (χ0n) is 8.66. The highest BCUT2D eigenvalue weighted by Gasteiger charge is 2.50. The van der Waals surface area contributed by atoms with E-state index < -0.39 is 5.54 Å². The van der Waals surface area contributed by atoms with Gasteiger partial charge in [0.25, 0.3) is 0 Å². The largest absolute Gasteiger partial charge is 0.383 e. The van der Waals surface area contributed by atoms with Crippen LogP contribution in [0.3, 0.4) is 0 Å². The topological polar surface area (TPSA) is 55.6 Å². The molecule has 2 aliphatic rings. The molecule has 2 saturated carbocycles. The summed E-state index contributed by atoms with van der Waals surface area (Å²) in [6.07, 6.45) is 3.96. The molecule has 0 heterocycles. The third-order valence-corrected chi connectivity index (χ3v) is 3.00. The molecule has 2 fully saturated rings. The Morgan fingerprint density at radius 2 is 2.21 bits per heavy atom. The zero-order valence-corrected chi connectivity index (χ0v) is 8.66. The Labute approximate surface area is 84.4 Å². The quantitative estimate of drug-likeness (QED) is 0.682. The number of ether oxygens (including phenoxy) is 1. The summed E-state index contributed by atoms with van der Waals surface area (Å²) in [4.78, 5) is 13.9. The van der Waals surface area contributed by atoms with Crippen molar-refractivity contribution < 1.29 is 9.53 Å². The van der Waals surface area contributed by atoms with Gasteiger partial charge in [-0.2, -0.15) is 0 Å². The van der Waals surface area contributed by atoms with Gasteiger partial charge in [-0.05, 0) is 25.7 Å². The van der Waals surface area contributed by atoms with Crippen molar-refractivity contribution in [2.75, 3.05) is 20.3 Å². The van der Waals surface area contributed by atoms with E-state index in [2.05, 4.69) is 0 Å². The molecule has 80 valence electrons. The van der Waals surface area contributed by atoms with Gasteiger partial charge in [0.15, 0.2) is 0 Å². The van der Waals surface area contributed by atoms with Crippen molar-refractivity contribution >= 4 is 5.91 Å². The van der Waals surface area contributed by atoms with Crippen molar-refractivity contribution in [1.82, 2.24) is 4.90 Å². The highest BCUT2D eigenvalue weighted by Crippen LogP contribution is 2.37. The molecular formula is C10H18N2O2. The lowest BCUT2D eigenvalue weighted by Gasteiger charge is -2.25. The van der Waals surface area contributed by atoms with Crippen LogP contribution in [0.15, 0.2) is 0 Å². The van der Waals surface area contributed by atoms with Crippen molar-refractivity contribution in [3.8, 4) is 0 Å². The summed E-state index contributed by atoms with van der Waals surface area (Å²) in [7, 11) is 1.66. The van der Waals surface area contributed by atoms with Gasteiger partial charge in [0.2, 0.25) is 5.91 Å². The maximum atomic E-state index is 12.0. The molecule has 0 atom stereocenters. The summed E-state index contributed by atoms with van der Waals surface area (Å²) < 4.78 is 5.00. The molecule has 0 spiro atoms. The molecule has 0 unspecified atom stereocenters. The second kappa shape index (κ2) is 3.51. The van der Waals surface area contributed by atoms with Gasteiger partial charge in [0, 0.05) is 19.7 Å². The Morgan fingerprint density at radius 3 is 2.64 bits per heavy atom. The highest BCUT2D eigenvalue weighted by atomic mass is 16.5. The van der Waals surface area contributed by atoms with Gasteiger partial charge < -0.3 is 15.4 Å². The smallest absolute Gasteiger partial charge is 0.242 e. The van der Waals surface area contributed by atoms with Crippen molar-refractivity contribution in [1.29, 1.82) is 0 Å². The van der Waals surface area contributed by atoms with Gasteiger partial charge in [0.1, 0.15) is 0 Å². The van der Waals surface area contributed by atoms with E-state index in [0.29, 0.717) is 19.2 Å². The first kappa shape index (κ1) is 9.93. The van der Waals surface area contributed by atoms with Crippen LogP contribution in [0, 0.1) is 0 Å². The van der Waals surface area contributed by atoms with Gasteiger partial charge in [-0.3, -0.25) is 4.79 Å². The Balaban J connectivity index is 1.92. The number of hydrogen-bond acceptors (Lipinski definition) is 3. The number of rotatable bonds is 5. The average Bonchev–Trinajstić information content (AvgIpc) is 3.01. The predicted octanol–water partition coefficient (Wildman–Crippen LogP) is 0.115. The molecule has 4 nitrogen and oxygen atoms in total. The molecule has 0 aromatic heterocycles. The lowest BCUT2D eigenvalue weighted by Crippen LogP contribution is -2.47. The lowest BCUT2D eigenvalue weighted by molar-refractivity contribution is -0.134. The number of nitrogens with zero attached hydrogens (tertiary/aromatic N) is 1. The van der Waals surface area contributed by atoms with Crippen molar-refractivity contribution in [2.24, 2.45) is 5.73 Å². The normalized spacial score (nSPS) is 23.3. The Bertz CT molecular complexity index is 234. The molecule has 0 saturated heterocycles. The molecule has 2 aliphatic carbocycles. The average molecular weight is 198 g/mol. The number of carbonyl (C=O) groups is 1. The van der Waals surface area contributed by atoms with E-state index in [-0.39, 0.29) is 5.91 Å². The molecule has 2 N–H and O–H groups in total. The number of nitrogens with two attached hydrogens (primary N) is 1. The van der Waals surface area contributed by atoms with Gasteiger partial charge >= 0.3 is 0 Å². The lowest BCUT2D eigenvalue weighted by atomic mass is 10.2. The van der Waals surface area contributed by atoms with E-state index >= 15 is 0 Å². The van der Waals surface area contributed by atoms with Crippen LogP contribution in [-0.2, 0) is 9.53 Å². The fourth-order valence-electron chi connectivity index (χ4n) is 1.66. The van der Waals surface area contributed by atoms with Crippen LogP contribution < -0.4 is 5.73 Å². The number of amides is 1. The first-order chi connectivity index (χ1) is 6.67. The number of hydrogen-bond donors (Lipinski definition) is 1. The molecule has 0 aliphatic heterocycles. The van der Waals surface area contributed by atoms with Crippen molar-refractivity contribution in [2.45, 2.75) is 37.3 Å². The fourth-order valence-corrected chi connectivity index (χ4v) is 1.66. The summed E-state index contributed by atoms with van der Waals surface area (Å²) >= 11 is 0. The van der Waals surface area contributed by atoms with Crippen LogP contribution >= 0.6 is 0 Å². The van der Waals surface area contributed by atoms with Crippen LogP contribution in [0.1, 0.15) is 25.7 Å². The minimum Gasteiger partial charge on any atom is -0.383 e. The molecule has 0 bridgehead atoms. The number of carbonyl (C=O) groups excluding carboxylic acids is 1. The van der Waals surface area contributed by atoms with E-state index in [4.69, 9.17) is 10.5 Å². The monoisotopic (exact) mass is 198 g/mol. The van der Waals surface area contributed by atoms with Crippen LogP contribution in [0.25, 0.3) is 0 Å². The van der Waals surface area contributed by atoms with E-state index in [1.807, 2.05) is 4.90 Å². The summed E-state index contributed by atoms with van der Waals surface area (Å²) in [5.41, 5.74) is 5.38. The molecule has 2 rings (SSSR count). The first-order valence-electron chi connectivity index (χ1n) is 5.26.